The number of nitrogens with zero attached hydrogens (tertiary/aromatic N) is 1. The summed E-state index contributed by atoms with van der Waals surface area (Å²) in [6.07, 6.45) is 0. The van der Waals surface area contributed by atoms with E-state index < -0.39 is 0 Å². The van der Waals surface area contributed by atoms with Gasteiger partial charge < -0.3 is 25.0 Å². The van der Waals surface area contributed by atoms with Crippen molar-refractivity contribution in [3.63, 3.8) is 0 Å². The van der Waals surface area contributed by atoms with E-state index in [9.17, 15) is 0 Å². The number of hydrogen-bond donors (Lipinski definition) is 2. The molecule has 0 bridgehead atoms. The Labute approximate surface area is 161 Å². The maximum atomic E-state index is 5.45. The number of benzene rings is 2. The Balaban J connectivity index is 1.92. The summed E-state index contributed by atoms with van der Waals surface area (Å²) in [7, 11) is 5.78. The fourth-order valence-corrected chi connectivity index (χ4v) is 2.79. The third-order valence-corrected chi connectivity index (χ3v) is 4.25. The summed E-state index contributed by atoms with van der Waals surface area (Å²) in [6, 6.07) is 16.1. The van der Waals surface area contributed by atoms with Crippen LogP contribution in [0.15, 0.2) is 48.5 Å². The van der Waals surface area contributed by atoms with Gasteiger partial charge in [-0.1, -0.05) is 12.1 Å². The maximum Gasteiger partial charge on any atom is 0.170 e. The van der Waals surface area contributed by atoms with Crippen molar-refractivity contribution >= 4 is 23.0 Å². The molecule has 0 saturated heterocycles. The van der Waals surface area contributed by atoms with Crippen LogP contribution in [-0.4, -0.2) is 44.4 Å². The quantitative estimate of drug-likeness (QED) is 0.688. The molecule has 0 aliphatic carbocycles. The zero-order valence-corrected chi connectivity index (χ0v) is 16.6. The summed E-state index contributed by atoms with van der Waals surface area (Å²) in [5, 5.41) is 7.09. The van der Waals surface area contributed by atoms with E-state index in [0.29, 0.717) is 18.3 Å². The third kappa shape index (κ3) is 5.89. The van der Waals surface area contributed by atoms with Crippen LogP contribution in [0.1, 0.15) is 18.5 Å². The highest BCUT2D eigenvalue weighted by atomic mass is 32.1. The molecule has 0 amide bonds. The van der Waals surface area contributed by atoms with Crippen molar-refractivity contribution in [2.45, 2.75) is 13.0 Å². The summed E-state index contributed by atoms with van der Waals surface area (Å²) >= 11 is 5.42. The Morgan fingerprint density at radius 1 is 1.04 bits per heavy atom. The van der Waals surface area contributed by atoms with Crippen LogP contribution in [-0.2, 0) is 0 Å². The number of rotatable bonds is 8. The average molecular weight is 374 g/mol. The van der Waals surface area contributed by atoms with Crippen LogP contribution in [0.3, 0.4) is 0 Å². The summed E-state index contributed by atoms with van der Waals surface area (Å²) in [5.74, 6) is 1.70. The first kappa shape index (κ1) is 20.0. The molecule has 140 valence electrons. The van der Waals surface area contributed by atoms with E-state index >= 15 is 0 Å². The predicted octanol–water partition coefficient (Wildman–Crippen LogP) is 3.68. The van der Waals surface area contributed by atoms with Gasteiger partial charge in [0, 0.05) is 12.2 Å². The molecule has 2 aromatic rings. The van der Waals surface area contributed by atoms with Gasteiger partial charge in [-0.2, -0.15) is 0 Å². The molecule has 0 saturated carbocycles. The number of nitrogens with one attached hydrogen (secondary N) is 2. The molecule has 0 spiro atoms. The lowest BCUT2D eigenvalue weighted by atomic mass is 10.1. The van der Waals surface area contributed by atoms with E-state index in [-0.39, 0.29) is 6.04 Å². The first-order valence-electron chi connectivity index (χ1n) is 8.61. The standard InChI is InChI=1S/C20H27N3O2S/c1-5-25-18-12-8-16(9-13-18)22-20(26)21-14-19(23(2)3)15-6-10-17(24-4)11-7-15/h6-13,19H,5,14H2,1-4H3,(H2,21,22,26)/t19-/m1/s1. The van der Waals surface area contributed by atoms with Crippen LogP contribution >= 0.6 is 12.2 Å². The molecule has 0 fully saturated rings. The monoisotopic (exact) mass is 373 g/mol. The molecule has 5 nitrogen and oxygen atoms in total. The van der Waals surface area contributed by atoms with Gasteiger partial charge in [0.25, 0.3) is 0 Å². The smallest absolute Gasteiger partial charge is 0.170 e. The number of hydrogen-bond acceptors (Lipinski definition) is 4. The van der Waals surface area contributed by atoms with E-state index in [4.69, 9.17) is 21.7 Å². The number of anilines is 1. The molecule has 0 aliphatic rings. The van der Waals surface area contributed by atoms with Gasteiger partial charge >= 0.3 is 0 Å². The molecule has 0 aromatic heterocycles. The molecular weight excluding hydrogens is 346 g/mol. The molecule has 0 aliphatic heterocycles. The first-order chi connectivity index (χ1) is 12.5. The van der Waals surface area contributed by atoms with E-state index in [1.54, 1.807) is 7.11 Å². The fraction of sp³-hybridized carbons (Fsp3) is 0.350. The predicted molar refractivity (Wildman–Crippen MR) is 111 cm³/mol. The average Bonchev–Trinajstić information content (AvgIpc) is 2.64. The van der Waals surface area contributed by atoms with Crippen molar-refractivity contribution in [2.24, 2.45) is 0 Å². The topological polar surface area (TPSA) is 45.8 Å². The van der Waals surface area contributed by atoms with Crippen molar-refractivity contribution < 1.29 is 9.47 Å². The molecule has 0 unspecified atom stereocenters. The van der Waals surface area contributed by atoms with Gasteiger partial charge in [0.05, 0.1) is 19.8 Å². The first-order valence-corrected chi connectivity index (χ1v) is 9.02. The number of methoxy groups -OCH3 is 1. The van der Waals surface area contributed by atoms with Crippen LogP contribution in [0.4, 0.5) is 5.69 Å². The highest BCUT2D eigenvalue weighted by molar-refractivity contribution is 7.80. The highest BCUT2D eigenvalue weighted by Crippen LogP contribution is 2.21. The van der Waals surface area contributed by atoms with Crippen molar-refractivity contribution in [3.05, 3.63) is 54.1 Å². The second-order valence-electron chi connectivity index (χ2n) is 6.04. The minimum atomic E-state index is 0.195. The molecular formula is C20H27N3O2S. The Hall–Kier alpha value is -2.31. The van der Waals surface area contributed by atoms with Crippen LogP contribution in [0.25, 0.3) is 0 Å². The molecule has 26 heavy (non-hydrogen) atoms. The highest BCUT2D eigenvalue weighted by Gasteiger charge is 2.14. The molecule has 2 aromatic carbocycles. The van der Waals surface area contributed by atoms with Crippen molar-refractivity contribution in [3.8, 4) is 11.5 Å². The third-order valence-electron chi connectivity index (χ3n) is 4.00. The fourth-order valence-electron chi connectivity index (χ4n) is 2.59. The number of thiocarbonyl (C=S) groups is 1. The molecule has 0 heterocycles. The summed E-state index contributed by atoms with van der Waals surface area (Å²) in [6.45, 7) is 3.32. The van der Waals surface area contributed by atoms with Gasteiger partial charge in [-0.25, -0.2) is 0 Å². The van der Waals surface area contributed by atoms with Crippen molar-refractivity contribution in [2.75, 3.05) is 39.7 Å². The van der Waals surface area contributed by atoms with Gasteiger partial charge in [-0.05, 0) is 75.2 Å². The molecule has 2 rings (SSSR count). The molecule has 0 radical (unpaired) electrons. The Morgan fingerprint density at radius 3 is 2.19 bits per heavy atom. The van der Waals surface area contributed by atoms with Crippen LogP contribution in [0.2, 0.25) is 0 Å². The summed E-state index contributed by atoms with van der Waals surface area (Å²) in [5.41, 5.74) is 2.13. The summed E-state index contributed by atoms with van der Waals surface area (Å²) < 4.78 is 10.7. The second-order valence-corrected chi connectivity index (χ2v) is 6.45. The Kier molecular flexibility index (Phi) is 7.69. The SMILES string of the molecule is CCOc1ccc(NC(=S)NC[C@H](c2ccc(OC)cc2)N(C)C)cc1. The lowest BCUT2D eigenvalue weighted by molar-refractivity contribution is 0.299. The molecule has 6 heteroatoms. The van der Waals surface area contributed by atoms with E-state index in [1.165, 1.54) is 5.56 Å². The Morgan fingerprint density at radius 2 is 1.65 bits per heavy atom. The largest absolute Gasteiger partial charge is 0.497 e. The lowest BCUT2D eigenvalue weighted by Gasteiger charge is -2.26. The van der Waals surface area contributed by atoms with Gasteiger partial charge in [-0.3, -0.25) is 0 Å². The van der Waals surface area contributed by atoms with E-state index in [1.807, 2.05) is 43.3 Å². The van der Waals surface area contributed by atoms with Gasteiger partial charge in [-0.15, -0.1) is 0 Å². The van der Waals surface area contributed by atoms with Crippen molar-refractivity contribution in [1.82, 2.24) is 10.2 Å². The molecule has 1 atom stereocenters. The normalized spacial score (nSPS) is 11.7. The number of likely N-dealkylation sites (N-methyl/N-ethyl adjacent to an activating group) is 1. The summed E-state index contributed by atoms with van der Waals surface area (Å²) in [4.78, 5) is 2.16. The number of ether oxygens (including phenoxy) is 2. The Bertz CT molecular complexity index is 687. The van der Waals surface area contributed by atoms with E-state index in [0.717, 1.165) is 17.2 Å². The zero-order valence-electron chi connectivity index (χ0n) is 15.8. The minimum absolute atomic E-state index is 0.195. The van der Waals surface area contributed by atoms with Crippen LogP contribution in [0, 0.1) is 0 Å². The van der Waals surface area contributed by atoms with Crippen molar-refractivity contribution in [1.29, 1.82) is 0 Å². The van der Waals surface area contributed by atoms with Gasteiger partial charge in [0.1, 0.15) is 11.5 Å². The van der Waals surface area contributed by atoms with Crippen LogP contribution < -0.4 is 20.1 Å². The minimum Gasteiger partial charge on any atom is -0.497 e. The maximum absolute atomic E-state index is 5.45. The lowest BCUT2D eigenvalue weighted by Crippen LogP contribution is -2.36. The van der Waals surface area contributed by atoms with Gasteiger partial charge in [0.15, 0.2) is 5.11 Å². The van der Waals surface area contributed by atoms with E-state index in [2.05, 4.69) is 41.8 Å². The second kappa shape index (κ2) is 9.99. The molecule has 2 N–H and O–H groups in total. The van der Waals surface area contributed by atoms with Crippen LogP contribution in [0.5, 0.6) is 11.5 Å². The van der Waals surface area contributed by atoms with Gasteiger partial charge in [0.2, 0.25) is 0 Å². The zero-order chi connectivity index (χ0) is 18.9.